The topological polar surface area (TPSA) is 63.1 Å². The van der Waals surface area contributed by atoms with Crippen molar-refractivity contribution < 1.29 is 9.53 Å². The summed E-state index contributed by atoms with van der Waals surface area (Å²) in [4.78, 5) is 23.1. The molecule has 6 nitrogen and oxygen atoms in total. The van der Waals surface area contributed by atoms with Crippen LogP contribution in [0.1, 0.15) is 19.3 Å². The highest BCUT2D eigenvalue weighted by molar-refractivity contribution is 5.86. The molecule has 2 aromatic heterocycles. The number of likely N-dealkylation sites (tertiary alicyclic amines) is 1. The average Bonchev–Trinajstić information content (AvgIpc) is 3.33. The summed E-state index contributed by atoms with van der Waals surface area (Å²) in [5.74, 6) is 2.84. The molecule has 6 heteroatoms. The van der Waals surface area contributed by atoms with Crippen molar-refractivity contribution in [1.29, 1.82) is 0 Å². The molecule has 1 amide bonds. The minimum atomic E-state index is 0.281. The van der Waals surface area contributed by atoms with Crippen molar-refractivity contribution >= 4 is 27.8 Å². The number of fused-ring (bicyclic) bond motifs is 2. The van der Waals surface area contributed by atoms with Crippen LogP contribution in [0.15, 0.2) is 72.9 Å². The molecule has 3 heterocycles. The van der Waals surface area contributed by atoms with Gasteiger partial charge in [-0.1, -0.05) is 36.4 Å². The molecule has 1 N–H and O–H groups in total. The van der Waals surface area contributed by atoms with Crippen LogP contribution in [-0.4, -0.2) is 45.5 Å². The van der Waals surface area contributed by atoms with Gasteiger partial charge in [0.05, 0.1) is 18.1 Å². The SMILES string of the molecule is COc1ccc2nc(-c3ccc(-c4ccc5cc[nH]c5c4)cc3)n(C[C@H]3CCN(C(=O)C4CC4)C3)c2c1. The van der Waals surface area contributed by atoms with Gasteiger partial charge in [0.15, 0.2) is 0 Å². The van der Waals surface area contributed by atoms with E-state index in [1.54, 1.807) is 7.11 Å². The second-order valence-corrected chi connectivity index (χ2v) is 10.5. The van der Waals surface area contributed by atoms with Crippen LogP contribution in [0.2, 0.25) is 0 Å². The summed E-state index contributed by atoms with van der Waals surface area (Å²) in [5, 5.41) is 1.22. The van der Waals surface area contributed by atoms with Crippen molar-refractivity contribution in [3.8, 4) is 28.3 Å². The zero-order valence-electron chi connectivity index (χ0n) is 21.0. The predicted octanol–water partition coefficient (Wildman–Crippen LogP) is 6.12. The van der Waals surface area contributed by atoms with E-state index in [2.05, 4.69) is 69.0 Å². The molecule has 0 bridgehead atoms. The Labute approximate surface area is 215 Å². The van der Waals surface area contributed by atoms with Crippen LogP contribution in [0.5, 0.6) is 5.75 Å². The third kappa shape index (κ3) is 4.06. The number of aromatic nitrogens is 3. The third-order valence-electron chi connectivity index (χ3n) is 7.95. The number of carbonyl (C=O) groups is 1. The summed E-state index contributed by atoms with van der Waals surface area (Å²) < 4.78 is 7.86. The number of carbonyl (C=O) groups excluding carboxylic acids is 1. The highest BCUT2D eigenvalue weighted by atomic mass is 16.5. The first kappa shape index (κ1) is 22.2. The van der Waals surface area contributed by atoms with Gasteiger partial charge in [-0.25, -0.2) is 4.98 Å². The number of H-pyrrole nitrogens is 1. The second-order valence-electron chi connectivity index (χ2n) is 10.5. The quantitative estimate of drug-likeness (QED) is 0.312. The first-order chi connectivity index (χ1) is 18.2. The van der Waals surface area contributed by atoms with Crippen LogP contribution >= 0.6 is 0 Å². The van der Waals surface area contributed by atoms with Crippen molar-refractivity contribution in [2.45, 2.75) is 25.8 Å². The number of hydrogen-bond acceptors (Lipinski definition) is 3. The third-order valence-corrected chi connectivity index (χ3v) is 7.95. The Morgan fingerprint density at radius 3 is 2.59 bits per heavy atom. The van der Waals surface area contributed by atoms with Crippen LogP contribution in [-0.2, 0) is 11.3 Å². The lowest BCUT2D eigenvalue weighted by Crippen LogP contribution is -2.30. The fourth-order valence-corrected chi connectivity index (χ4v) is 5.70. The number of hydrogen-bond donors (Lipinski definition) is 1. The van der Waals surface area contributed by atoms with E-state index >= 15 is 0 Å². The van der Waals surface area contributed by atoms with Gasteiger partial charge in [0.2, 0.25) is 5.91 Å². The molecule has 7 rings (SSSR count). The summed E-state index contributed by atoms with van der Waals surface area (Å²) >= 11 is 0. The molecule has 1 saturated heterocycles. The van der Waals surface area contributed by atoms with Gasteiger partial charge in [-0.05, 0) is 66.0 Å². The fraction of sp³-hybridized carbons (Fsp3) is 0.290. The fourth-order valence-electron chi connectivity index (χ4n) is 5.70. The predicted molar refractivity (Wildman–Crippen MR) is 146 cm³/mol. The lowest BCUT2D eigenvalue weighted by molar-refractivity contribution is -0.131. The number of benzene rings is 3. The van der Waals surface area contributed by atoms with Crippen LogP contribution in [0.4, 0.5) is 0 Å². The maximum Gasteiger partial charge on any atom is 0.225 e. The molecule has 37 heavy (non-hydrogen) atoms. The van der Waals surface area contributed by atoms with E-state index in [-0.39, 0.29) is 5.92 Å². The van der Waals surface area contributed by atoms with Gasteiger partial charge in [-0.15, -0.1) is 0 Å². The summed E-state index contributed by atoms with van der Waals surface area (Å²) in [6.45, 7) is 2.53. The Morgan fingerprint density at radius 2 is 1.78 bits per heavy atom. The number of nitrogens with zero attached hydrogens (tertiary/aromatic N) is 3. The molecule has 186 valence electrons. The molecule has 1 aliphatic heterocycles. The first-order valence-corrected chi connectivity index (χ1v) is 13.2. The van der Waals surface area contributed by atoms with Crippen molar-refractivity contribution in [3.63, 3.8) is 0 Å². The first-order valence-electron chi connectivity index (χ1n) is 13.2. The Bertz CT molecular complexity index is 1610. The Hall–Kier alpha value is -4.06. The molecule has 2 fully saturated rings. The van der Waals surface area contributed by atoms with Crippen LogP contribution < -0.4 is 4.74 Å². The van der Waals surface area contributed by atoms with E-state index in [4.69, 9.17) is 9.72 Å². The molecule has 5 aromatic rings. The molecule has 0 spiro atoms. The molecular formula is C31H30N4O2. The van der Waals surface area contributed by atoms with Crippen LogP contribution in [0.25, 0.3) is 44.5 Å². The lowest BCUT2D eigenvalue weighted by atomic mass is 10.0. The van der Waals surface area contributed by atoms with Crippen molar-refractivity contribution in [1.82, 2.24) is 19.4 Å². The lowest BCUT2D eigenvalue weighted by Gasteiger charge is -2.18. The molecule has 2 aliphatic rings. The zero-order chi connectivity index (χ0) is 24.9. The monoisotopic (exact) mass is 490 g/mol. The number of ether oxygens (including phenoxy) is 1. The van der Waals surface area contributed by atoms with Gasteiger partial charge < -0.3 is 19.2 Å². The number of methoxy groups -OCH3 is 1. The average molecular weight is 491 g/mol. The number of nitrogens with one attached hydrogen (secondary N) is 1. The van der Waals surface area contributed by atoms with E-state index in [1.165, 1.54) is 16.5 Å². The van der Waals surface area contributed by atoms with Gasteiger partial charge in [-0.2, -0.15) is 0 Å². The van der Waals surface area contributed by atoms with Gasteiger partial charge in [0.1, 0.15) is 11.6 Å². The molecule has 1 saturated carbocycles. The van der Waals surface area contributed by atoms with Crippen LogP contribution in [0.3, 0.4) is 0 Å². The maximum absolute atomic E-state index is 12.6. The molecule has 1 aliphatic carbocycles. The van der Waals surface area contributed by atoms with Crippen molar-refractivity contribution in [2.75, 3.05) is 20.2 Å². The van der Waals surface area contributed by atoms with E-state index in [0.29, 0.717) is 11.8 Å². The van der Waals surface area contributed by atoms with Gasteiger partial charge in [0, 0.05) is 48.9 Å². The van der Waals surface area contributed by atoms with Gasteiger partial charge in [0.25, 0.3) is 0 Å². The minimum absolute atomic E-state index is 0.281. The highest BCUT2D eigenvalue weighted by Crippen LogP contribution is 2.35. The van der Waals surface area contributed by atoms with E-state index in [1.807, 2.05) is 18.3 Å². The Kier molecular flexibility index (Phi) is 5.27. The summed E-state index contributed by atoms with van der Waals surface area (Å²) in [6.07, 6.45) is 5.13. The second kappa shape index (κ2) is 8.80. The zero-order valence-corrected chi connectivity index (χ0v) is 21.0. The largest absolute Gasteiger partial charge is 0.497 e. The summed E-state index contributed by atoms with van der Waals surface area (Å²) in [7, 11) is 1.70. The maximum atomic E-state index is 12.6. The van der Waals surface area contributed by atoms with Gasteiger partial charge in [-0.3, -0.25) is 4.79 Å². The van der Waals surface area contributed by atoms with E-state index < -0.39 is 0 Å². The van der Waals surface area contributed by atoms with Gasteiger partial charge >= 0.3 is 0 Å². The standard InChI is InChI=1S/C31H30N4O2/c1-37-26-10-11-27-29(17-26)35(19-20-13-15-34(18-20)31(36)24-7-8-24)30(33-27)23-5-2-21(3-6-23)25-9-4-22-12-14-32-28(22)16-25/h2-6,9-12,14,16-17,20,24,32H,7-8,13,15,18-19H2,1H3/t20-/m0/s1. The summed E-state index contributed by atoms with van der Waals surface area (Å²) in [5.41, 5.74) is 6.62. The number of amides is 1. The Morgan fingerprint density at radius 1 is 0.973 bits per heavy atom. The molecule has 0 radical (unpaired) electrons. The van der Waals surface area contributed by atoms with E-state index in [0.717, 1.165) is 72.6 Å². The molecular weight excluding hydrogens is 460 g/mol. The van der Waals surface area contributed by atoms with Crippen LogP contribution in [0, 0.1) is 11.8 Å². The highest BCUT2D eigenvalue weighted by Gasteiger charge is 2.36. The number of aromatic amines is 1. The Balaban J connectivity index is 1.22. The normalized spacial score (nSPS) is 17.6. The smallest absolute Gasteiger partial charge is 0.225 e. The minimum Gasteiger partial charge on any atom is -0.497 e. The van der Waals surface area contributed by atoms with Crippen molar-refractivity contribution in [3.05, 3.63) is 72.9 Å². The molecule has 0 unspecified atom stereocenters. The van der Waals surface area contributed by atoms with E-state index in [9.17, 15) is 4.79 Å². The molecule has 1 atom stereocenters. The number of rotatable bonds is 6. The summed E-state index contributed by atoms with van der Waals surface area (Å²) in [6, 6.07) is 23.4. The molecule has 3 aromatic carbocycles. The number of imidazole rings is 1. The van der Waals surface area contributed by atoms with Crippen molar-refractivity contribution in [2.24, 2.45) is 11.8 Å².